The van der Waals surface area contributed by atoms with Gasteiger partial charge >= 0.3 is 5.97 Å². The van der Waals surface area contributed by atoms with Gasteiger partial charge in [-0.25, -0.2) is 9.78 Å². The number of nitrogens with zero attached hydrogens (tertiary/aromatic N) is 5. The van der Waals surface area contributed by atoms with Gasteiger partial charge in [0.05, 0.1) is 40.6 Å². The largest absolute Gasteiger partial charge is 0.479 e. The quantitative estimate of drug-likeness (QED) is 0.210. The maximum absolute atomic E-state index is 12.7. The van der Waals surface area contributed by atoms with E-state index in [2.05, 4.69) is 28.0 Å². The number of benzene rings is 3. The molecule has 3 aromatic carbocycles. The fourth-order valence-electron chi connectivity index (χ4n) is 6.71. The molecule has 5 aromatic rings. The molecule has 0 amide bonds. The molecular formula is C35H38ClN5O4S. The number of ether oxygens (including phenoxy) is 2. The van der Waals surface area contributed by atoms with Crippen molar-refractivity contribution in [2.45, 2.75) is 45.4 Å². The number of rotatable bonds is 6. The van der Waals surface area contributed by atoms with Gasteiger partial charge in [0.2, 0.25) is 0 Å². The Bertz CT molecular complexity index is 1950. The van der Waals surface area contributed by atoms with E-state index in [4.69, 9.17) is 31.2 Å². The number of aryl methyl sites for hydroxylation is 2. The molecule has 7 rings (SSSR count). The van der Waals surface area contributed by atoms with Crippen LogP contribution in [0, 0.1) is 6.92 Å². The first-order valence-corrected chi connectivity index (χ1v) is 16.8. The number of fused-ring (bicyclic) bond motifs is 3. The van der Waals surface area contributed by atoms with Crippen LogP contribution < -0.4 is 4.90 Å². The molecule has 240 valence electrons. The molecule has 11 heteroatoms. The first-order valence-electron chi connectivity index (χ1n) is 15.6. The van der Waals surface area contributed by atoms with Crippen molar-refractivity contribution in [2.75, 3.05) is 44.3 Å². The molecule has 0 radical (unpaired) electrons. The van der Waals surface area contributed by atoms with E-state index in [0.717, 1.165) is 93.6 Å². The molecule has 2 aliphatic heterocycles. The van der Waals surface area contributed by atoms with Crippen LogP contribution in [-0.2, 0) is 21.3 Å². The zero-order valence-corrected chi connectivity index (χ0v) is 28.3. The Hall–Kier alpha value is -3.54. The minimum absolute atomic E-state index is 0.368. The Kier molecular flexibility index (Phi) is 8.05. The van der Waals surface area contributed by atoms with Gasteiger partial charge in [-0.05, 0) is 75.2 Å². The van der Waals surface area contributed by atoms with Crippen molar-refractivity contribution in [3.8, 4) is 21.7 Å². The maximum atomic E-state index is 12.7. The van der Waals surface area contributed by atoms with Crippen molar-refractivity contribution in [3.05, 3.63) is 64.7 Å². The maximum Gasteiger partial charge on any atom is 0.337 e. The highest BCUT2D eigenvalue weighted by atomic mass is 35.5. The molecule has 2 fully saturated rings. The molecule has 1 N–H and O–H groups in total. The Morgan fingerprint density at radius 3 is 2.61 bits per heavy atom. The van der Waals surface area contributed by atoms with Gasteiger partial charge in [0.15, 0.2) is 11.9 Å². The first kappa shape index (κ1) is 31.1. The van der Waals surface area contributed by atoms with E-state index in [1.54, 1.807) is 11.3 Å². The van der Waals surface area contributed by atoms with Crippen LogP contribution >= 0.6 is 22.9 Å². The van der Waals surface area contributed by atoms with Gasteiger partial charge in [-0.1, -0.05) is 23.7 Å². The Morgan fingerprint density at radius 1 is 1.11 bits per heavy atom. The standard InChI is InChI=1S/C35H38ClN5O4S/c1-20-16-26-31(29(21-6-9-23(36)10-7-21)28(20)30(34(42)43)45-35(2,3)4)46-33(37-26)22-8-11-27-25(17-22)32(38-39(27)5)41-13-12-40-14-15-44-19-24(40)18-41/h6-11,16-17,24,30H,12-15,18-19H2,1-5H3,(H,42,43)/t24-,30-/m0/s1. The predicted molar refractivity (Wildman–Crippen MR) is 184 cm³/mol. The van der Waals surface area contributed by atoms with Crippen LogP contribution in [0.3, 0.4) is 0 Å². The van der Waals surface area contributed by atoms with Gasteiger partial charge < -0.3 is 19.5 Å². The number of aromatic nitrogens is 3. The molecule has 0 spiro atoms. The molecule has 0 saturated carbocycles. The summed E-state index contributed by atoms with van der Waals surface area (Å²) in [5.74, 6) is -0.0539. The third-order valence-corrected chi connectivity index (χ3v) is 10.2. The number of carboxylic acids is 1. The molecule has 0 unspecified atom stereocenters. The molecule has 2 saturated heterocycles. The molecule has 4 heterocycles. The van der Waals surface area contributed by atoms with Gasteiger partial charge in [0.25, 0.3) is 0 Å². The number of carbonyl (C=O) groups is 1. The number of piperazine rings is 1. The van der Waals surface area contributed by atoms with Gasteiger partial charge in [-0.15, -0.1) is 11.3 Å². The third kappa shape index (κ3) is 5.77. The number of aliphatic carboxylic acids is 1. The van der Waals surface area contributed by atoms with Crippen molar-refractivity contribution < 1.29 is 19.4 Å². The second kappa shape index (κ2) is 11.9. The van der Waals surface area contributed by atoms with Crippen molar-refractivity contribution in [1.82, 2.24) is 19.7 Å². The van der Waals surface area contributed by atoms with Crippen LogP contribution in [0.4, 0.5) is 5.82 Å². The van der Waals surface area contributed by atoms with Crippen LogP contribution in [0.15, 0.2) is 48.5 Å². The number of thiazole rings is 1. The lowest BCUT2D eigenvalue weighted by molar-refractivity contribution is -0.160. The predicted octanol–water partition coefficient (Wildman–Crippen LogP) is 6.94. The van der Waals surface area contributed by atoms with Gasteiger partial charge in [-0.2, -0.15) is 5.10 Å². The lowest BCUT2D eigenvalue weighted by atomic mass is 9.91. The highest BCUT2D eigenvalue weighted by Crippen LogP contribution is 2.45. The first-order chi connectivity index (χ1) is 22.0. The Morgan fingerprint density at radius 2 is 1.87 bits per heavy atom. The van der Waals surface area contributed by atoms with Crippen molar-refractivity contribution >= 4 is 55.8 Å². The fourth-order valence-corrected chi connectivity index (χ4v) is 7.96. The highest BCUT2D eigenvalue weighted by molar-refractivity contribution is 7.22. The Balaban J connectivity index is 1.36. The summed E-state index contributed by atoms with van der Waals surface area (Å²) in [6, 6.07) is 16.3. The van der Waals surface area contributed by atoms with E-state index in [1.165, 1.54) is 0 Å². The topological polar surface area (TPSA) is 93.0 Å². The average molecular weight is 660 g/mol. The molecule has 2 atom stereocenters. The second-order valence-electron chi connectivity index (χ2n) is 13.2. The average Bonchev–Trinajstić information content (AvgIpc) is 3.59. The SMILES string of the molecule is Cc1cc2nc(-c3ccc4c(c3)c(N3CCN5CCOC[C@@H]5C3)nn4C)sc2c(-c2ccc(Cl)cc2)c1[C@H](OC(C)(C)C)C(=O)O. The van der Waals surface area contributed by atoms with E-state index in [9.17, 15) is 9.90 Å². The van der Waals surface area contributed by atoms with Crippen LogP contribution in [0.2, 0.25) is 5.02 Å². The summed E-state index contributed by atoms with van der Waals surface area (Å²) in [5.41, 5.74) is 5.30. The fraction of sp³-hybridized carbons (Fsp3) is 0.400. The molecule has 2 aliphatic rings. The van der Waals surface area contributed by atoms with Crippen LogP contribution in [0.1, 0.15) is 38.0 Å². The third-order valence-electron chi connectivity index (χ3n) is 8.83. The van der Waals surface area contributed by atoms with Crippen molar-refractivity contribution in [1.29, 1.82) is 0 Å². The molecule has 9 nitrogen and oxygen atoms in total. The van der Waals surface area contributed by atoms with Crippen LogP contribution in [0.5, 0.6) is 0 Å². The molecule has 0 bridgehead atoms. The number of anilines is 1. The smallest absolute Gasteiger partial charge is 0.337 e. The summed E-state index contributed by atoms with van der Waals surface area (Å²) in [6.45, 7) is 12.9. The van der Waals surface area contributed by atoms with E-state index in [0.29, 0.717) is 16.6 Å². The normalized spacial score (nSPS) is 18.3. The molecule has 46 heavy (non-hydrogen) atoms. The minimum Gasteiger partial charge on any atom is -0.479 e. The summed E-state index contributed by atoms with van der Waals surface area (Å²) in [6.07, 6.45) is -1.16. The van der Waals surface area contributed by atoms with E-state index in [-0.39, 0.29) is 0 Å². The monoisotopic (exact) mass is 659 g/mol. The zero-order valence-electron chi connectivity index (χ0n) is 26.7. The van der Waals surface area contributed by atoms with Gasteiger partial charge in [0, 0.05) is 60.3 Å². The summed E-state index contributed by atoms with van der Waals surface area (Å²) in [4.78, 5) is 22.7. The lowest BCUT2D eigenvalue weighted by Crippen LogP contribution is -2.58. The van der Waals surface area contributed by atoms with Crippen molar-refractivity contribution in [3.63, 3.8) is 0 Å². The molecule has 2 aromatic heterocycles. The summed E-state index contributed by atoms with van der Waals surface area (Å²) >= 11 is 7.84. The van der Waals surface area contributed by atoms with Crippen LogP contribution in [-0.4, -0.2) is 81.8 Å². The molecular weight excluding hydrogens is 622 g/mol. The lowest BCUT2D eigenvalue weighted by Gasteiger charge is -2.43. The number of carboxylic acid groups (broad SMARTS) is 1. The number of morpholine rings is 1. The number of hydrogen-bond acceptors (Lipinski definition) is 8. The van der Waals surface area contributed by atoms with Gasteiger partial charge in [-0.3, -0.25) is 9.58 Å². The summed E-state index contributed by atoms with van der Waals surface area (Å²) in [5, 5.41) is 17.9. The number of halogens is 1. The minimum atomic E-state index is -1.16. The van der Waals surface area contributed by atoms with Crippen molar-refractivity contribution in [2.24, 2.45) is 7.05 Å². The van der Waals surface area contributed by atoms with Crippen LogP contribution in [0.25, 0.3) is 42.8 Å². The Labute approximate surface area is 277 Å². The summed E-state index contributed by atoms with van der Waals surface area (Å²) < 4.78 is 14.8. The number of hydrogen-bond donors (Lipinski definition) is 1. The molecule has 0 aliphatic carbocycles. The van der Waals surface area contributed by atoms with E-state index in [1.807, 2.05) is 69.8 Å². The zero-order chi connectivity index (χ0) is 32.3. The van der Waals surface area contributed by atoms with E-state index >= 15 is 0 Å². The second-order valence-corrected chi connectivity index (χ2v) is 14.6. The summed E-state index contributed by atoms with van der Waals surface area (Å²) in [7, 11) is 1.99. The van der Waals surface area contributed by atoms with Gasteiger partial charge in [0.1, 0.15) is 5.01 Å². The van der Waals surface area contributed by atoms with E-state index < -0.39 is 17.7 Å². The highest BCUT2D eigenvalue weighted by Gasteiger charge is 2.33.